The molecule has 0 saturated carbocycles. The summed E-state index contributed by atoms with van der Waals surface area (Å²) in [7, 11) is -4.25. The molecule has 2 N–H and O–H groups in total. The molecule has 2 aromatic carbocycles. The summed E-state index contributed by atoms with van der Waals surface area (Å²) in [6, 6.07) is 9.93. The molecule has 0 unspecified atom stereocenters. The van der Waals surface area contributed by atoms with Gasteiger partial charge in [-0.3, -0.25) is 4.79 Å². The zero-order valence-corrected chi connectivity index (χ0v) is 14.8. The molecule has 140 valence electrons. The number of hydrogen-bond donors (Lipinski definition) is 2. The van der Waals surface area contributed by atoms with Crippen molar-refractivity contribution in [1.82, 2.24) is 10.0 Å². The summed E-state index contributed by atoms with van der Waals surface area (Å²) in [6.07, 6.45) is -4.67. The topological polar surface area (TPSA) is 75.3 Å². The molecule has 0 aliphatic heterocycles. The maximum absolute atomic E-state index is 12.7. The first-order valence-corrected chi connectivity index (χ1v) is 9.12. The van der Waals surface area contributed by atoms with Gasteiger partial charge in [-0.1, -0.05) is 29.8 Å². The number of alkyl halides is 3. The molecule has 1 amide bonds. The highest BCUT2D eigenvalue weighted by Gasteiger charge is 2.31. The van der Waals surface area contributed by atoms with E-state index in [0.717, 1.165) is 23.8 Å². The maximum atomic E-state index is 12.7. The van der Waals surface area contributed by atoms with Gasteiger partial charge in [0.25, 0.3) is 0 Å². The lowest BCUT2D eigenvalue weighted by atomic mass is 10.2. The lowest BCUT2D eigenvalue weighted by Crippen LogP contribution is -2.36. The fraction of sp³-hybridized carbons (Fsp3) is 0.188. The molecule has 0 heterocycles. The predicted molar refractivity (Wildman–Crippen MR) is 89.9 cm³/mol. The lowest BCUT2D eigenvalue weighted by molar-refractivity contribution is -0.137. The van der Waals surface area contributed by atoms with E-state index < -0.39 is 39.1 Å². The van der Waals surface area contributed by atoms with E-state index in [1.807, 2.05) is 4.72 Å². The average molecular weight is 407 g/mol. The number of rotatable bonds is 6. The Morgan fingerprint density at radius 2 is 1.73 bits per heavy atom. The van der Waals surface area contributed by atoms with Crippen molar-refractivity contribution in [3.05, 3.63) is 64.7 Å². The standard InChI is InChI=1S/C16H14ClF3N2O3S/c17-13-6-4-11(5-7-13)9-21-15(23)10-22-26(24,25)14-3-1-2-12(8-14)16(18,19)20/h1-8,22H,9-10H2,(H,21,23). The van der Waals surface area contributed by atoms with Crippen LogP contribution in [0.4, 0.5) is 13.2 Å². The number of nitrogens with one attached hydrogen (secondary N) is 2. The number of amides is 1. The van der Waals surface area contributed by atoms with Gasteiger partial charge in [0, 0.05) is 11.6 Å². The Morgan fingerprint density at radius 3 is 2.35 bits per heavy atom. The molecule has 0 aliphatic carbocycles. The Kier molecular flexibility index (Phi) is 6.27. The van der Waals surface area contributed by atoms with E-state index >= 15 is 0 Å². The van der Waals surface area contributed by atoms with Gasteiger partial charge in [0.1, 0.15) is 0 Å². The largest absolute Gasteiger partial charge is 0.416 e. The van der Waals surface area contributed by atoms with Crippen LogP contribution in [-0.4, -0.2) is 20.9 Å². The fourth-order valence-electron chi connectivity index (χ4n) is 1.95. The second-order valence-electron chi connectivity index (χ2n) is 5.25. The Balaban J connectivity index is 1.95. The van der Waals surface area contributed by atoms with Crippen molar-refractivity contribution < 1.29 is 26.4 Å². The Bertz CT molecular complexity index is 884. The van der Waals surface area contributed by atoms with Crippen molar-refractivity contribution >= 4 is 27.5 Å². The molecule has 0 bridgehead atoms. The van der Waals surface area contributed by atoms with E-state index in [2.05, 4.69) is 5.32 Å². The minimum absolute atomic E-state index is 0.154. The van der Waals surface area contributed by atoms with Gasteiger partial charge < -0.3 is 5.32 Å². The van der Waals surface area contributed by atoms with Gasteiger partial charge in [0.15, 0.2) is 0 Å². The van der Waals surface area contributed by atoms with Crippen molar-refractivity contribution in [1.29, 1.82) is 0 Å². The van der Waals surface area contributed by atoms with Gasteiger partial charge in [-0.05, 0) is 35.9 Å². The number of benzene rings is 2. The number of sulfonamides is 1. The van der Waals surface area contributed by atoms with Crippen LogP contribution in [-0.2, 0) is 27.5 Å². The third kappa shape index (κ3) is 5.72. The summed E-state index contributed by atoms with van der Waals surface area (Å²) < 4.78 is 64.1. The Labute approximate surface area is 153 Å². The fourth-order valence-corrected chi connectivity index (χ4v) is 3.10. The highest BCUT2D eigenvalue weighted by atomic mass is 35.5. The molecule has 5 nitrogen and oxygen atoms in total. The lowest BCUT2D eigenvalue weighted by Gasteiger charge is -2.10. The average Bonchev–Trinajstić information content (AvgIpc) is 2.59. The molecule has 0 spiro atoms. The quantitative estimate of drug-likeness (QED) is 0.774. The van der Waals surface area contributed by atoms with Crippen molar-refractivity contribution in [2.45, 2.75) is 17.6 Å². The van der Waals surface area contributed by atoms with Gasteiger partial charge >= 0.3 is 6.18 Å². The van der Waals surface area contributed by atoms with Crippen LogP contribution < -0.4 is 10.0 Å². The molecule has 0 fully saturated rings. The van der Waals surface area contributed by atoms with Gasteiger partial charge in [-0.2, -0.15) is 13.2 Å². The maximum Gasteiger partial charge on any atom is 0.416 e. The van der Waals surface area contributed by atoms with Gasteiger partial charge in [-0.15, -0.1) is 0 Å². The molecule has 10 heteroatoms. The highest BCUT2D eigenvalue weighted by molar-refractivity contribution is 7.89. The van der Waals surface area contributed by atoms with E-state index in [-0.39, 0.29) is 6.54 Å². The monoisotopic (exact) mass is 406 g/mol. The number of halogens is 4. The number of carbonyl (C=O) groups is 1. The zero-order valence-electron chi connectivity index (χ0n) is 13.2. The summed E-state index contributed by atoms with van der Waals surface area (Å²) in [4.78, 5) is 11.2. The van der Waals surface area contributed by atoms with Crippen LogP contribution in [0.25, 0.3) is 0 Å². The molecule has 2 aromatic rings. The first-order valence-electron chi connectivity index (χ1n) is 7.26. The zero-order chi connectivity index (χ0) is 19.4. The highest BCUT2D eigenvalue weighted by Crippen LogP contribution is 2.30. The molecular weight excluding hydrogens is 393 g/mol. The van der Waals surface area contributed by atoms with Gasteiger partial charge in [-0.25, -0.2) is 13.1 Å². The van der Waals surface area contributed by atoms with Crippen molar-refractivity contribution in [3.8, 4) is 0 Å². The van der Waals surface area contributed by atoms with E-state index in [1.54, 1.807) is 24.3 Å². The van der Waals surface area contributed by atoms with E-state index in [9.17, 15) is 26.4 Å². The molecule has 0 aliphatic rings. The Hall–Kier alpha value is -2.10. The summed E-state index contributed by atoms with van der Waals surface area (Å²) in [5, 5.41) is 3.03. The molecule has 0 radical (unpaired) electrons. The molecule has 26 heavy (non-hydrogen) atoms. The number of carbonyl (C=O) groups excluding carboxylic acids is 1. The van der Waals surface area contributed by atoms with E-state index in [4.69, 9.17) is 11.6 Å². The second-order valence-corrected chi connectivity index (χ2v) is 7.46. The second kappa shape index (κ2) is 8.07. The first-order chi connectivity index (χ1) is 12.1. The minimum Gasteiger partial charge on any atom is -0.351 e. The van der Waals surface area contributed by atoms with Crippen LogP contribution >= 0.6 is 11.6 Å². The van der Waals surface area contributed by atoms with Crippen molar-refractivity contribution in [2.75, 3.05) is 6.54 Å². The van der Waals surface area contributed by atoms with Crippen molar-refractivity contribution in [2.24, 2.45) is 0 Å². The van der Waals surface area contributed by atoms with Gasteiger partial charge in [0.2, 0.25) is 15.9 Å². The van der Waals surface area contributed by atoms with Crippen LogP contribution in [0.2, 0.25) is 5.02 Å². The minimum atomic E-state index is -4.67. The number of hydrogen-bond acceptors (Lipinski definition) is 3. The van der Waals surface area contributed by atoms with Crippen LogP contribution in [0.1, 0.15) is 11.1 Å². The van der Waals surface area contributed by atoms with E-state index in [1.165, 1.54) is 0 Å². The third-order valence-electron chi connectivity index (χ3n) is 3.30. The summed E-state index contributed by atoms with van der Waals surface area (Å²) in [5.74, 6) is -0.629. The van der Waals surface area contributed by atoms with E-state index in [0.29, 0.717) is 11.1 Å². The van der Waals surface area contributed by atoms with Crippen molar-refractivity contribution in [3.63, 3.8) is 0 Å². The molecule has 0 saturated heterocycles. The molecular formula is C16H14ClF3N2O3S. The Morgan fingerprint density at radius 1 is 1.08 bits per heavy atom. The molecule has 0 atom stereocenters. The third-order valence-corrected chi connectivity index (χ3v) is 4.95. The summed E-state index contributed by atoms with van der Waals surface area (Å²) in [5.41, 5.74) is -0.337. The van der Waals surface area contributed by atoms with Gasteiger partial charge in [0.05, 0.1) is 17.0 Å². The molecule has 0 aromatic heterocycles. The van der Waals surface area contributed by atoms with Crippen LogP contribution in [0, 0.1) is 0 Å². The normalized spacial score (nSPS) is 12.0. The SMILES string of the molecule is O=C(CNS(=O)(=O)c1cccc(C(F)(F)F)c1)NCc1ccc(Cl)cc1. The first kappa shape index (κ1) is 20.2. The summed E-state index contributed by atoms with van der Waals surface area (Å²) in [6.45, 7) is -0.451. The molecule has 2 rings (SSSR count). The predicted octanol–water partition coefficient (Wildman–Crippen LogP) is 2.95. The summed E-state index contributed by atoms with van der Waals surface area (Å²) >= 11 is 5.74. The van der Waals surface area contributed by atoms with Crippen LogP contribution in [0.5, 0.6) is 0 Å². The van der Waals surface area contributed by atoms with Crippen LogP contribution in [0.3, 0.4) is 0 Å². The smallest absolute Gasteiger partial charge is 0.351 e. The van der Waals surface area contributed by atoms with Crippen LogP contribution in [0.15, 0.2) is 53.4 Å².